The van der Waals surface area contributed by atoms with Crippen molar-refractivity contribution in [3.63, 3.8) is 0 Å². The molecule has 1 N–H and O–H groups in total. The van der Waals surface area contributed by atoms with Crippen molar-refractivity contribution in [2.24, 2.45) is 0 Å². The van der Waals surface area contributed by atoms with Crippen LogP contribution in [-0.4, -0.2) is 57.4 Å². The lowest BCUT2D eigenvalue weighted by molar-refractivity contribution is -0.274. The van der Waals surface area contributed by atoms with Gasteiger partial charge in [-0.3, -0.25) is 4.68 Å². The number of nitrogens with zero attached hydrogens (tertiary/aromatic N) is 5. The summed E-state index contributed by atoms with van der Waals surface area (Å²) >= 11 is 0. The molecule has 1 aliphatic rings. The normalized spacial score (nSPS) is 14.3. The van der Waals surface area contributed by atoms with E-state index in [0.29, 0.717) is 17.8 Å². The summed E-state index contributed by atoms with van der Waals surface area (Å²) in [5.41, 5.74) is 4.15. The lowest BCUT2D eigenvalue weighted by Gasteiger charge is -2.15. The highest BCUT2D eigenvalue weighted by molar-refractivity contribution is 5.59. The summed E-state index contributed by atoms with van der Waals surface area (Å²) in [4.78, 5) is 6.84. The van der Waals surface area contributed by atoms with Gasteiger partial charge in [-0.25, -0.2) is 0 Å². The molecule has 11 heteroatoms. The van der Waals surface area contributed by atoms with Crippen LogP contribution < -0.4 is 10.1 Å². The highest BCUT2D eigenvalue weighted by Gasteiger charge is 2.31. The monoisotopic (exact) mass is 512 g/mol. The first-order chi connectivity index (χ1) is 17.8. The SMILES string of the molecule is Cc1cc(-c2nc(-c3ccc(OC(F)(F)F)cc3)no2)nn1Cc1ccc(NCCN2CCCC2)cc1. The van der Waals surface area contributed by atoms with Crippen LogP contribution in [0.4, 0.5) is 18.9 Å². The molecule has 1 aliphatic heterocycles. The average Bonchev–Trinajstić information content (AvgIpc) is 3.62. The molecule has 0 unspecified atom stereocenters. The van der Waals surface area contributed by atoms with E-state index in [1.54, 1.807) is 0 Å². The lowest BCUT2D eigenvalue weighted by atomic mass is 10.2. The van der Waals surface area contributed by atoms with E-state index in [-0.39, 0.29) is 17.5 Å². The van der Waals surface area contributed by atoms with Gasteiger partial charge in [0.25, 0.3) is 5.89 Å². The lowest BCUT2D eigenvalue weighted by Crippen LogP contribution is -2.25. The fourth-order valence-electron chi connectivity index (χ4n) is 4.29. The molecule has 0 bridgehead atoms. The number of ether oxygens (including phenoxy) is 1. The fraction of sp³-hybridized carbons (Fsp3) is 0.346. The maximum atomic E-state index is 12.4. The van der Waals surface area contributed by atoms with Crippen LogP contribution >= 0.6 is 0 Å². The zero-order chi connectivity index (χ0) is 25.8. The zero-order valence-corrected chi connectivity index (χ0v) is 20.3. The number of likely N-dealkylation sites (tertiary alicyclic amines) is 1. The third kappa shape index (κ3) is 6.48. The topological polar surface area (TPSA) is 81.2 Å². The van der Waals surface area contributed by atoms with Crippen LogP contribution in [0.3, 0.4) is 0 Å². The molecule has 1 saturated heterocycles. The summed E-state index contributed by atoms with van der Waals surface area (Å²) in [6.07, 6.45) is -2.15. The van der Waals surface area contributed by atoms with Crippen molar-refractivity contribution < 1.29 is 22.4 Å². The Hall–Kier alpha value is -3.86. The Labute approximate surface area is 212 Å². The fourth-order valence-corrected chi connectivity index (χ4v) is 4.29. The Morgan fingerprint density at radius 3 is 2.46 bits per heavy atom. The standard InChI is InChI=1S/C26H27F3N6O2/c1-18-16-23(25-31-24(33-37-25)20-6-10-22(11-7-20)36-26(27,28)29)32-35(18)17-19-4-8-21(9-5-19)30-12-15-34-13-2-3-14-34/h4-11,16,30H,2-3,12-15,17H2,1H3. The van der Waals surface area contributed by atoms with E-state index in [2.05, 4.69) is 54.5 Å². The van der Waals surface area contributed by atoms with Crippen molar-refractivity contribution in [2.45, 2.75) is 32.7 Å². The molecule has 8 nitrogen and oxygen atoms in total. The van der Waals surface area contributed by atoms with Crippen LogP contribution in [0.1, 0.15) is 24.1 Å². The van der Waals surface area contributed by atoms with E-state index >= 15 is 0 Å². The number of aryl methyl sites for hydroxylation is 1. The van der Waals surface area contributed by atoms with E-state index in [1.165, 1.54) is 50.2 Å². The Morgan fingerprint density at radius 1 is 1.03 bits per heavy atom. The minimum atomic E-state index is -4.75. The molecule has 1 fully saturated rings. The second-order valence-electron chi connectivity index (χ2n) is 9.00. The molecule has 37 heavy (non-hydrogen) atoms. The zero-order valence-electron chi connectivity index (χ0n) is 20.3. The van der Waals surface area contributed by atoms with Crippen LogP contribution in [0, 0.1) is 6.92 Å². The van der Waals surface area contributed by atoms with Crippen molar-refractivity contribution in [3.8, 4) is 28.7 Å². The second kappa shape index (κ2) is 10.6. The summed E-state index contributed by atoms with van der Waals surface area (Å²) in [5, 5.41) is 12.0. The van der Waals surface area contributed by atoms with Gasteiger partial charge in [0.1, 0.15) is 5.75 Å². The second-order valence-corrected chi connectivity index (χ2v) is 9.00. The molecule has 0 radical (unpaired) electrons. The maximum absolute atomic E-state index is 12.4. The van der Waals surface area contributed by atoms with Crippen molar-refractivity contribution in [1.29, 1.82) is 0 Å². The summed E-state index contributed by atoms with van der Waals surface area (Å²) in [6.45, 7) is 6.92. The van der Waals surface area contributed by atoms with Gasteiger partial charge in [0.15, 0.2) is 5.69 Å². The first-order valence-corrected chi connectivity index (χ1v) is 12.1. The highest BCUT2D eigenvalue weighted by Crippen LogP contribution is 2.27. The van der Waals surface area contributed by atoms with Crippen LogP contribution in [-0.2, 0) is 6.54 Å². The molecule has 0 aliphatic carbocycles. The minimum absolute atomic E-state index is 0.227. The van der Waals surface area contributed by atoms with Crippen molar-refractivity contribution in [3.05, 3.63) is 65.9 Å². The maximum Gasteiger partial charge on any atom is 0.573 e. The van der Waals surface area contributed by atoms with Crippen LogP contribution in [0.15, 0.2) is 59.1 Å². The number of anilines is 1. The molecular weight excluding hydrogens is 485 g/mol. The molecule has 4 aromatic rings. The van der Waals surface area contributed by atoms with Gasteiger partial charge < -0.3 is 19.5 Å². The van der Waals surface area contributed by atoms with E-state index in [9.17, 15) is 13.2 Å². The number of rotatable bonds is 9. The third-order valence-corrected chi connectivity index (χ3v) is 6.21. The third-order valence-electron chi connectivity index (χ3n) is 6.21. The molecule has 0 amide bonds. The molecule has 3 heterocycles. The Balaban J connectivity index is 1.20. The van der Waals surface area contributed by atoms with Gasteiger partial charge in [-0.05, 0) is 80.9 Å². The molecule has 5 rings (SSSR count). The number of nitrogens with one attached hydrogen (secondary N) is 1. The molecule has 0 spiro atoms. The molecule has 0 atom stereocenters. The van der Waals surface area contributed by atoms with Gasteiger partial charge in [-0.1, -0.05) is 17.3 Å². The highest BCUT2D eigenvalue weighted by atomic mass is 19.4. The van der Waals surface area contributed by atoms with Gasteiger partial charge in [-0.2, -0.15) is 10.1 Å². The van der Waals surface area contributed by atoms with Gasteiger partial charge in [0.05, 0.1) is 6.54 Å². The molecule has 0 saturated carbocycles. The van der Waals surface area contributed by atoms with Crippen molar-refractivity contribution in [1.82, 2.24) is 24.8 Å². The molecule has 194 valence electrons. The van der Waals surface area contributed by atoms with E-state index in [1.807, 2.05) is 17.7 Å². The Morgan fingerprint density at radius 2 is 1.76 bits per heavy atom. The minimum Gasteiger partial charge on any atom is -0.406 e. The summed E-state index contributed by atoms with van der Waals surface area (Å²) < 4.78 is 48.2. The predicted octanol–water partition coefficient (Wildman–Crippen LogP) is 5.36. The summed E-state index contributed by atoms with van der Waals surface area (Å²) in [5.74, 6) is 0.152. The quantitative estimate of drug-likeness (QED) is 0.323. The first-order valence-electron chi connectivity index (χ1n) is 12.1. The Bertz CT molecular complexity index is 1310. The first kappa shape index (κ1) is 24.8. The molecular formula is C26H27F3N6O2. The van der Waals surface area contributed by atoms with Crippen molar-refractivity contribution in [2.75, 3.05) is 31.5 Å². The number of alkyl halides is 3. The molecule has 2 aromatic carbocycles. The van der Waals surface area contributed by atoms with Crippen molar-refractivity contribution >= 4 is 5.69 Å². The van der Waals surface area contributed by atoms with Gasteiger partial charge in [0, 0.05) is 30.0 Å². The van der Waals surface area contributed by atoms with Crippen LogP contribution in [0.5, 0.6) is 5.75 Å². The van der Waals surface area contributed by atoms with Gasteiger partial charge >= 0.3 is 6.36 Å². The number of halogens is 3. The van der Waals surface area contributed by atoms with Crippen LogP contribution in [0.25, 0.3) is 23.0 Å². The van der Waals surface area contributed by atoms with Gasteiger partial charge in [-0.15, -0.1) is 13.2 Å². The number of hydrogen-bond acceptors (Lipinski definition) is 7. The predicted molar refractivity (Wildman–Crippen MR) is 132 cm³/mol. The summed E-state index contributed by atoms with van der Waals surface area (Å²) in [6, 6.07) is 15.4. The number of aromatic nitrogens is 4. The number of benzene rings is 2. The van der Waals surface area contributed by atoms with Gasteiger partial charge in [0.2, 0.25) is 5.82 Å². The average molecular weight is 513 g/mol. The largest absolute Gasteiger partial charge is 0.573 e. The molecule has 2 aromatic heterocycles. The number of hydrogen-bond donors (Lipinski definition) is 1. The van der Waals surface area contributed by atoms with Crippen LogP contribution in [0.2, 0.25) is 0 Å². The van der Waals surface area contributed by atoms with E-state index in [0.717, 1.165) is 30.0 Å². The summed E-state index contributed by atoms with van der Waals surface area (Å²) in [7, 11) is 0. The Kier molecular flexibility index (Phi) is 7.13. The van der Waals surface area contributed by atoms with E-state index < -0.39 is 6.36 Å². The smallest absolute Gasteiger partial charge is 0.406 e. The van der Waals surface area contributed by atoms with E-state index in [4.69, 9.17) is 4.52 Å².